The molecule has 33 heavy (non-hydrogen) atoms. The number of esters is 1. The molecule has 1 N–H and O–H groups in total. The lowest BCUT2D eigenvalue weighted by Gasteiger charge is -2.18. The van der Waals surface area contributed by atoms with E-state index in [1.54, 1.807) is 47.4 Å². The molecule has 0 aliphatic rings. The highest BCUT2D eigenvalue weighted by molar-refractivity contribution is 5.96. The molecule has 1 aromatic heterocycles. The Labute approximate surface area is 189 Å². The van der Waals surface area contributed by atoms with Crippen molar-refractivity contribution < 1.29 is 28.3 Å². The predicted molar refractivity (Wildman–Crippen MR) is 121 cm³/mol. The van der Waals surface area contributed by atoms with Crippen LogP contribution in [0.3, 0.4) is 0 Å². The Balaban J connectivity index is 1.45. The first-order valence-electron chi connectivity index (χ1n) is 10.4. The summed E-state index contributed by atoms with van der Waals surface area (Å²) in [6.07, 6.45) is 0. The van der Waals surface area contributed by atoms with Gasteiger partial charge in [0.15, 0.2) is 13.2 Å². The van der Waals surface area contributed by atoms with E-state index in [9.17, 15) is 19.2 Å². The number of carbonyl (C=O) groups excluding carboxylic acids is 3. The number of amides is 2. The van der Waals surface area contributed by atoms with E-state index < -0.39 is 30.7 Å². The SMILES string of the molecule is CCN(CC)C(=O)c1ccc(NC(=O)COC(=O)COc2ccc3ccc(=O)oc3c2)cc1. The van der Waals surface area contributed by atoms with Crippen molar-refractivity contribution >= 4 is 34.4 Å². The van der Waals surface area contributed by atoms with Crippen LogP contribution in [0, 0.1) is 0 Å². The standard InChI is InChI=1S/C24H24N2O7/c1-3-26(4-2)24(30)17-5-9-18(10-6-17)25-21(27)14-32-23(29)15-31-19-11-7-16-8-12-22(28)33-20(16)13-19/h5-13H,3-4,14-15H2,1-2H3,(H,25,27). The van der Waals surface area contributed by atoms with Crippen molar-refractivity contribution in [3.05, 3.63) is 70.6 Å². The van der Waals surface area contributed by atoms with Crippen molar-refractivity contribution in [3.63, 3.8) is 0 Å². The van der Waals surface area contributed by atoms with Crippen LogP contribution in [0.4, 0.5) is 5.69 Å². The summed E-state index contributed by atoms with van der Waals surface area (Å²) < 4.78 is 15.3. The Bertz CT molecular complexity index is 1200. The lowest BCUT2D eigenvalue weighted by molar-refractivity contribution is -0.149. The third-order valence-electron chi connectivity index (χ3n) is 4.78. The average Bonchev–Trinajstić information content (AvgIpc) is 2.82. The number of fused-ring (bicyclic) bond motifs is 1. The van der Waals surface area contributed by atoms with Crippen LogP contribution in [0.25, 0.3) is 11.0 Å². The zero-order valence-corrected chi connectivity index (χ0v) is 18.3. The van der Waals surface area contributed by atoms with Gasteiger partial charge in [-0.05, 0) is 56.3 Å². The molecular formula is C24H24N2O7. The number of anilines is 1. The summed E-state index contributed by atoms with van der Waals surface area (Å²) in [5.74, 6) is -1.03. The van der Waals surface area contributed by atoms with E-state index in [1.165, 1.54) is 12.1 Å². The van der Waals surface area contributed by atoms with Crippen LogP contribution in [-0.4, -0.2) is 49.0 Å². The number of rotatable bonds is 9. The largest absolute Gasteiger partial charge is 0.482 e. The molecule has 0 spiro atoms. The van der Waals surface area contributed by atoms with Gasteiger partial charge < -0.3 is 24.1 Å². The van der Waals surface area contributed by atoms with Crippen LogP contribution in [-0.2, 0) is 14.3 Å². The van der Waals surface area contributed by atoms with Crippen molar-refractivity contribution in [3.8, 4) is 5.75 Å². The molecule has 3 rings (SSSR count). The van der Waals surface area contributed by atoms with Crippen LogP contribution in [0.15, 0.2) is 63.8 Å². The number of carbonyl (C=O) groups is 3. The van der Waals surface area contributed by atoms with Crippen LogP contribution >= 0.6 is 0 Å². The van der Waals surface area contributed by atoms with E-state index in [2.05, 4.69) is 5.32 Å². The average molecular weight is 452 g/mol. The van der Waals surface area contributed by atoms with Gasteiger partial charge in [0.2, 0.25) is 0 Å². The maximum Gasteiger partial charge on any atom is 0.344 e. The second kappa shape index (κ2) is 10.9. The lowest BCUT2D eigenvalue weighted by Crippen LogP contribution is -2.30. The van der Waals surface area contributed by atoms with E-state index in [4.69, 9.17) is 13.9 Å². The van der Waals surface area contributed by atoms with Crippen LogP contribution < -0.4 is 15.7 Å². The number of nitrogens with one attached hydrogen (secondary N) is 1. The van der Waals surface area contributed by atoms with Crippen molar-refractivity contribution in [2.45, 2.75) is 13.8 Å². The summed E-state index contributed by atoms with van der Waals surface area (Å²) in [5, 5.41) is 3.31. The fraction of sp³-hybridized carbons (Fsp3) is 0.250. The number of ether oxygens (including phenoxy) is 2. The van der Waals surface area contributed by atoms with Gasteiger partial charge in [0.1, 0.15) is 11.3 Å². The number of benzene rings is 2. The molecule has 0 radical (unpaired) electrons. The Morgan fingerprint density at radius 2 is 1.64 bits per heavy atom. The minimum absolute atomic E-state index is 0.0830. The molecule has 172 valence electrons. The monoisotopic (exact) mass is 452 g/mol. The smallest absolute Gasteiger partial charge is 0.344 e. The first-order valence-corrected chi connectivity index (χ1v) is 10.4. The third-order valence-corrected chi connectivity index (χ3v) is 4.78. The van der Waals surface area contributed by atoms with Crippen LogP contribution in [0.5, 0.6) is 5.75 Å². The molecule has 0 aliphatic carbocycles. The second-order valence-electron chi connectivity index (χ2n) is 7.01. The van der Waals surface area contributed by atoms with E-state index in [1.807, 2.05) is 13.8 Å². The molecule has 0 saturated heterocycles. The topological polar surface area (TPSA) is 115 Å². The fourth-order valence-corrected chi connectivity index (χ4v) is 3.05. The molecule has 0 atom stereocenters. The van der Waals surface area contributed by atoms with Gasteiger partial charge >= 0.3 is 11.6 Å². The fourth-order valence-electron chi connectivity index (χ4n) is 3.05. The number of hydrogen-bond donors (Lipinski definition) is 1. The van der Waals surface area contributed by atoms with Crippen molar-refractivity contribution in [1.29, 1.82) is 0 Å². The molecular weight excluding hydrogens is 428 g/mol. The van der Waals surface area contributed by atoms with E-state index in [0.717, 1.165) is 0 Å². The molecule has 0 bridgehead atoms. The summed E-state index contributed by atoms with van der Waals surface area (Å²) in [6, 6.07) is 14.2. The molecule has 0 unspecified atom stereocenters. The molecule has 0 fully saturated rings. The molecule has 1 heterocycles. The zero-order valence-electron chi connectivity index (χ0n) is 18.3. The van der Waals surface area contributed by atoms with E-state index in [0.29, 0.717) is 41.1 Å². The maximum absolute atomic E-state index is 12.3. The summed E-state index contributed by atoms with van der Waals surface area (Å²) in [5.41, 5.74) is 0.835. The van der Waals surface area contributed by atoms with Gasteiger partial charge in [0.25, 0.3) is 11.8 Å². The van der Waals surface area contributed by atoms with E-state index in [-0.39, 0.29) is 5.91 Å². The Morgan fingerprint density at radius 1 is 0.939 bits per heavy atom. The lowest BCUT2D eigenvalue weighted by atomic mass is 10.2. The molecule has 9 nitrogen and oxygen atoms in total. The summed E-state index contributed by atoms with van der Waals surface area (Å²) in [6.45, 7) is 4.13. The van der Waals surface area contributed by atoms with Gasteiger partial charge in [-0.1, -0.05) is 0 Å². The van der Waals surface area contributed by atoms with Gasteiger partial charge in [0, 0.05) is 41.9 Å². The van der Waals surface area contributed by atoms with Gasteiger partial charge in [-0.15, -0.1) is 0 Å². The summed E-state index contributed by atoms with van der Waals surface area (Å²) in [4.78, 5) is 49.2. The van der Waals surface area contributed by atoms with Crippen molar-refractivity contribution in [2.24, 2.45) is 0 Å². The molecule has 2 amide bonds. The Morgan fingerprint density at radius 3 is 2.33 bits per heavy atom. The maximum atomic E-state index is 12.3. The normalized spacial score (nSPS) is 10.5. The molecule has 2 aromatic carbocycles. The molecule has 0 aliphatic heterocycles. The highest BCUT2D eigenvalue weighted by atomic mass is 16.6. The van der Waals surface area contributed by atoms with Gasteiger partial charge in [0.05, 0.1) is 0 Å². The van der Waals surface area contributed by atoms with Crippen LogP contribution in [0.1, 0.15) is 24.2 Å². The minimum atomic E-state index is -0.736. The second-order valence-corrected chi connectivity index (χ2v) is 7.01. The highest BCUT2D eigenvalue weighted by Crippen LogP contribution is 2.19. The molecule has 3 aromatic rings. The first-order chi connectivity index (χ1) is 15.9. The highest BCUT2D eigenvalue weighted by Gasteiger charge is 2.13. The zero-order chi connectivity index (χ0) is 23.8. The number of nitrogens with zero attached hydrogens (tertiary/aromatic N) is 1. The predicted octanol–water partition coefficient (Wildman–Crippen LogP) is 2.84. The van der Waals surface area contributed by atoms with Crippen molar-refractivity contribution in [2.75, 3.05) is 31.6 Å². The van der Waals surface area contributed by atoms with Gasteiger partial charge in [-0.3, -0.25) is 9.59 Å². The van der Waals surface area contributed by atoms with E-state index >= 15 is 0 Å². The number of hydrogen-bond acceptors (Lipinski definition) is 7. The molecule has 0 saturated carbocycles. The molecule has 9 heteroatoms. The summed E-state index contributed by atoms with van der Waals surface area (Å²) in [7, 11) is 0. The van der Waals surface area contributed by atoms with Gasteiger partial charge in [-0.2, -0.15) is 0 Å². The quantitative estimate of drug-likeness (QED) is 0.392. The van der Waals surface area contributed by atoms with Crippen molar-refractivity contribution in [1.82, 2.24) is 4.90 Å². The minimum Gasteiger partial charge on any atom is -0.482 e. The summed E-state index contributed by atoms with van der Waals surface area (Å²) >= 11 is 0. The van der Waals surface area contributed by atoms with Gasteiger partial charge in [-0.25, -0.2) is 9.59 Å². The van der Waals surface area contributed by atoms with Crippen LogP contribution in [0.2, 0.25) is 0 Å². The Kier molecular flexibility index (Phi) is 7.80. The first kappa shape index (κ1) is 23.5. The third kappa shape index (κ3) is 6.42. The Hall–Kier alpha value is -4.14.